The number of hydrogen-bond acceptors (Lipinski definition) is 7. The third-order valence-corrected chi connectivity index (χ3v) is 4.95. The van der Waals surface area contributed by atoms with Crippen LogP contribution in [0, 0.1) is 5.92 Å². The minimum Gasteiger partial charge on any atom is -0.454 e. The van der Waals surface area contributed by atoms with Crippen molar-refractivity contribution in [3.8, 4) is 0 Å². The number of carbonyl (C=O) groups is 2. The van der Waals surface area contributed by atoms with E-state index < -0.39 is 42.8 Å². The van der Waals surface area contributed by atoms with Crippen molar-refractivity contribution < 1.29 is 34.4 Å². The van der Waals surface area contributed by atoms with Crippen molar-refractivity contribution in [2.24, 2.45) is 5.92 Å². The molecule has 27 heavy (non-hydrogen) atoms. The maximum absolute atomic E-state index is 12.3. The first-order chi connectivity index (χ1) is 12.8. The van der Waals surface area contributed by atoms with E-state index in [0.29, 0.717) is 12.8 Å². The molecule has 1 saturated heterocycles. The van der Waals surface area contributed by atoms with Crippen LogP contribution in [0.4, 0.5) is 0 Å². The summed E-state index contributed by atoms with van der Waals surface area (Å²) in [5, 5.41) is 28.1. The van der Waals surface area contributed by atoms with Crippen molar-refractivity contribution >= 4 is 11.9 Å². The van der Waals surface area contributed by atoms with Crippen LogP contribution in [0.25, 0.3) is 0 Å². The molecule has 2 rings (SSSR count). The van der Waals surface area contributed by atoms with Crippen LogP contribution in [-0.2, 0) is 19.1 Å². The van der Waals surface area contributed by atoms with Crippen LogP contribution in [0.2, 0.25) is 0 Å². The molecule has 2 aliphatic rings. The summed E-state index contributed by atoms with van der Waals surface area (Å²) in [6.07, 6.45) is 2.48. The summed E-state index contributed by atoms with van der Waals surface area (Å²) in [5.41, 5.74) is 1.60. The van der Waals surface area contributed by atoms with Crippen molar-refractivity contribution in [1.82, 2.24) is 0 Å². The van der Waals surface area contributed by atoms with Crippen molar-refractivity contribution in [3.63, 3.8) is 0 Å². The molecule has 1 heterocycles. The van der Waals surface area contributed by atoms with Gasteiger partial charge in [0.15, 0.2) is 0 Å². The highest BCUT2D eigenvalue weighted by atomic mass is 16.6. The van der Waals surface area contributed by atoms with Crippen LogP contribution in [-0.4, -0.2) is 58.8 Å². The first-order valence-electron chi connectivity index (χ1n) is 8.84. The van der Waals surface area contributed by atoms with E-state index in [2.05, 4.69) is 13.2 Å². The van der Waals surface area contributed by atoms with Gasteiger partial charge in [-0.05, 0) is 43.4 Å². The molecule has 1 aliphatic heterocycles. The molecular formula is C20H26O7. The summed E-state index contributed by atoms with van der Waals surface area (Å²) in [6, 6.07) is 0. The van der Waals surface area contributed by atoms with Crippen molar-refractivity contribution in [2.45, 2.75) is 44.5 Å². The molecule has 0 aromatic carbocycles. The first-order valence-corrected chi connectivity index (χ1v) is 8.84. The Morgan fingerprint density at radius 3 is 2.78 bits per heavy atom. The lowest BCUT2D eigenvalue weighted by Crippen LogP contribution is -2.30. The number of esters is 2. The predicted octanol–water partition coefficient (Wildman–Crippen LogP) is 0.954. The lowest BCUT2D eigenvalue weighted by Gasteiger charge is -2.26. The zero-order valence-electron chi connectivity index (χ0n) is 15.4. The molecule has 4 atom stereocenters. The summed E-state index contributed by atoms with van der Waals surface area (Å²) < 4.78 is 10.9. The number of fused-ring (bicyclic) bond motifs is 1. The van der Waals surface area contributed by atoms with Crippen LogP contribution in [0.15, 0.2) is 47.6 Å². The van der Waals surface area contributed by atoms with Crippen LogP contribution in [0.5, 0.6) is 0 Å². The van der Waals surface area contributed by atoms with Gasteiger partial charge in [0.1, 0.15) is 18.3 Å². The highest BCUT2D eigenvalue weighted by Crippen LogP contribution is 2.35. The second kappa shape index (κ2) is 9.12. The Hall–Kier alpha value is -2.22. The normalized spacial score (nSPS) is 30.9. The third kappa shape index (κ3) is 4.94. The Balaban J connectivity index is 2.27. The van der Waals surface area contributed by atoms with E-state index in [-0.39, 0.29) is 24.2 Å². The molecule has 7 heteroatoms. The molecule has 1 aliphatic carbocycles. The van der Waals surface area contributed by atoms with E-state index in [1.165, 1.54) is 0 Å². The van der Waals surface area contributed by atoms with Crippen LogP contribution < -0.4 is 0 Å². The van der Waals surface area contributed by atoms with Crippen molar-refractivity contribution in [1.29, 1.82) is 0 Å². The fourth-order valence-electron chi connectivity index (χ4n) is 3.13. The summed E-state index contributed by atoms with van der Waals surface area (Å²) in [4.78, 5) is 24.2. The molecule has 0 radical (unpaired) electrons. The Kier molecular flexibility index (Phi) is 7.12. The largest absolute Gasteiger partial charge is 0.454 e. The lowest BCUT2D eigenvalue weighted by molar-refractivity contribution is -0.145. The second-order valence-corrected chi connectivity index (χ2v) is 6.82. The average Bonchev–Trinajstić information content (AvgIpc) is 2.92. The summed E-state index contributed by atoms with van der Waals surface area (Å²) in [6.45, 7) is 8.31. The number of rotatable bonds is 5. The van der Waals surface area contributed by atoms with Gasteiger partial charge >= 0.3 is 11.9 Å². The highest BCUT2D eigenvalue weighted by molar-refractivity contribution is 5.91. The van der Waals surface area contributed by atoms with Gasteiger partial charge in [-0.15, -0.1) is 0 Å². The van der Waals surface area contributed by atoms with Crippen molar-refractivity contribution in [3.05, 3.63) is 47.6 Å². The van der Waals surface area contributed by atoms with E-state index in [1.54, 1.807) is 6.08 Å². The summed E-state index contributed by atoms with van der Waals surface area (Å²) >= 11 is 0. The number of aliphatic hydroxyl groups excluding tert-OH is 3. The van der Waals surface area contributed by atoms with Gasteiger partial charge in [0, 0.05) is 11.5 Å². The molecule has 0 spiro atoms. The zero-order chi connectivity index (χ0) is 20.1. The minimum absolute atomic E-state index is 0.128. The van der Waals surface area contributed by atoms with Gasteiger partial charge in [-0.25, -0.2) is 9.59 Å². The van der Waals surface area contributed by atoms with Crippen LogP contribution in [0.3, 0.4) is 0 Å². The third-order valence-electron chi connectivity index (χ3n) is 4.95. The Morgan fingerprint density at radius 1 is 1.44 bits per heavy atom. The Labute approximate surface area is 158 Å². The zero-order valence-corrected chi connectivity index (χ0v) is 15.4. The Bertz CT molecular complexity index is 688. The van der Waals surface area contributed by atoms with E-state index in [4.69, 9.17) is 14.6 Å². The molecule has 0 aromatic heterocycles. The highest BCUT2D eigenvalue weighted by Gasteiger charge is 2.40. The van der Waals surface area contributed by atoms with Crippen molar-refractivity contribution in [2.75, 3.05) is 13.2 Å². The van der Waals surface area contributed by atoms with E-state index in [0.717, 1.165) is 11.1 Å². The molecule has 0 unspecified atom stereocenters. The number of hydrogen-bond donors (Lipinski definition) is 3. The molecule has 148 valence electrons. The fourth-order valence-corrected chi connectivity index (χ4v) is 3.13. The molecule has 0 aromatic rings. The second-order valence-electron chi connectivity index (χ2n) is 6.82. The number of aliphatic hydroxyl groups is 3. The standard InChI is InChI=1S/C20H26O7/c1-11-5-4-6-14(9-21)7-18-15(12(2)19(24)27-18)8-17(11)26-20(25)13(3)16(23)10-22/h5,7,15-18,21-23H,2-4,6,8-10H2,1H3/b11-5-,14-7+/t15-,16-,17-,18+/m0/s1. The molecular weight excluding hydrogens is 352 g/mol. The summed E-state index contributed by atoms with van der Waals surface area (Å²) in [7, 11) is 0. The maximum Gasteiger partial charge on any atom is 0.336 e. The summed E-state index contributed by atoms with van der Waals surface area (Å²) in [5.74, 6) is -1.73. The number of carbonyl (C=O) groups excluding carboxylic acids is 2. The number of ether oxygens (including phenoxy) is 2. The van der Waals surface area contributed by atoms with Gasteiger partial charge in [0.2, 0.25) is 0 Å². The molecule has 3 N–H and O–H groups in total. The van der Waals surface area contributed by atoms with Gasteiger partial charge < -0.3 is 24.8 Å². The molecule has 1 fully saturated rings. The average molecular weight is 378 g/mol. The lowest BCUT2D eigenvalue weighted by atomic mass is 9.86. The topological polar surface area (TPSA) is 113 Å². The predicted molar refractivity (Wildman–Crippen MR) is 97.4 cm³/mol. The molecule has 0 saturated carbocycles. The molecule has 0 amide bonds. The smallest absolute Gasteiger partial charge is 0.336 e. The van der Waals surface area contributed by atoms with Gasteiger partial charge in [0.05, 0.1) is 18.8 Å². The van der Waals surface area contributed by atoms with Gasteiger partial charge in [-0.1, -0.05) is 19.2 Å². The van der Waals surface area contributed by atoms with E-state index >= 15 is 0 Å². The maximum atomic E-state index is 12.3. The molecule has 0 bridgehead atoms. The fraction of sp³-hybridized carbons (Fsp3) is 0.500. The van der Waals surface area contributed by atoms with E-state index in [1.807, 2.05) is 13.0 Å². The Morgan fingerprint density at radius 2 is 2.15 bits per heavy atom. The van der Waals surface area contributed by atoms with Crippen LogP contribution >= 0.6 is 0 Å². The monoisotopic (exact) mass is 378 g/mol. The number of allylic oxidation sites excluding steroid dienone is 1. The van der Waals surface area contributed by atoms with Gasteiger partial charge in [-0.3, -0.25) is 0 Å². The first kappa shape index (κ1) is 21.1. The quantitative estimate of drug-likeness (QED) is 0.371. The SMILES string of the molecule is C=C(C(=O)O[C@H]1C[C@H]2C(=C)C(=O)O[C@@H]2/C=C(/CO)CC/C=C\1C)[C@@H](O)CO. The van der Waals surface area contributed by atoms with E-state index in [9.17, 15) is 19.8 Å². The van der Waals surface area contributed by atoms with Gasteiger partial charge in [0.25, 0.3) is 0 Å². The molecule has 7 nitrogen and oxygen atoms in total. The van der Waals surface area contributed by atoms with Gasteiger partial charge in [-0.2, -0.15) is 0 Å². The minimum atomic E-state index is -1.39. The van der Waals surface area contributed by atoms with Crippen LogP contribution in [0.1, 0.15) is 26.2 Å².